The van der Waals surface area contributed by atoms with Gasteiger partial charge in [-0.1, -0.05) is 0 Å². The summed E-state index contributed by atoms with van der Waals surface area (Å²) in [5, 5.41) is 0. The van der Waals surface area contributed by atoms with E-state index in [0.717, 1.165) is 19.4 Å². The molecule has 2 aliphatic heterocycles. The third-order valence-corrected chi connectivity index (χ3v) is 3.11. The Morgan fingerprint density at radius 2 is 2.50 bits per heavy atom. The minimum Gasteiger partial charge on any atom is -0.446 e. The van der Waals surface area contributed by atoms with Crippen LogP contribution in [0.5, 0.6) is 0 Å². The molecule has 2 fully saturated rings. The number of alkyl halides is 1. The Hall–Kier alpha value is -0.0851. The highest BCUT2D eigenvalue weighted by Crippen LogP contribution is 2.39. The average Bonchev–Trinajstić information content (AvgIpc) is 2.44. The molecule has 2 saturated heterocycles. The van der Waals surface area contributed by atoms with E-state index in [0.29, 0.717) is 19.6 Å². The van der Waals surface area contributed by atoms with Crippen LogP contribution in [0.15, 0.2) is 0 Å². The van der Waals surface area contributed by atoms with Crippen LogP contribution in [0, 0.1) is 0 Å². The molecule has 66 valence electrons. The van der Waals surface area contributed by atoms with E-state index in [1.165, 1.54) is 0 Å². The van der Waals surface area contributed by atoms with Crippen LogP contribution in [0.1, 0.15) is 19.3 Å². The lowest BCUT2D eigenvalue weighted by molar-refractivity contribution is 0.120. The predicted octanol–water partition coefficient (Wildman–Crippen LogP) is 0.663. The van der Waals surface area contributed by atoms with Crippen molar-refractivity contribution in [1.82, 2.24) is 4.90 Å². The number of nitrogens with zero attached hydrogens (tertiary/aromatic N) is 1. The van der Waals surface area contributed by atoms with Crippen LogP contribution in [-0.4, -0.2) is 44.4 Å². The third kappa shape index (κ3) is 1.17. The molecule has 0 aromatic rings. The number of rotatable bonds is 2. The smallest absolute Gasteiger partial charge is 0.282 e. The second-order valence-electron chi connectivity index (χ2n) is 3.89. The Bertz CT molecular complexity index is 180. The second kappa shape index (κ2) is 3.00. The van der Waals surface area contributed by atoms with Gasteiger partial charge in [0.25, 0.3) is 8.05 Å². The topological polar surface area (TPSA) is 12.5 Å². The van der Waals surface area contributed by atoms with Gasteiger partial charge in [-0.2, -0.15) is 0 Å². The van der Waals surface area contributed by atoms with Gasteiger partial charge in [0, 0.05) is 25.1 Å². The molecule has 12 heavy (non-hydrogen) atoms. The van der Waals surface area contributed by atoms with Crippen LogP contribution in [-0.2, 0) is 4.65 Å². The molecular weight excluding hydrogens is 156 g/mol. The van der Waals surface area contributed by atoms with Gasteiger partial charge in [0.15, 0.2) is 0 Å². The van der Waals surface area contributed by atoms with Gasteiger partial charge in [-0.05, 0) is 19.4 Å². The molecule has 4 heteroatoms. The molecule has 2 unspecified atom stereocenters. The normalized spacial score (nSPS) is 41.9. The maximum Gasteiger partial charge on any atom is 0.282 e. The summed E-state index contributed by atoms with van der Waals surface area (Å²) < 4.78 is 17.7. The zero-order valence-corrected chi connectivity index (χ0v) is 7.13. The van der Waals surface area contributed by atoms with Crippen LogP contribution < -0.4 is 0 Å². The molecule has 0 aromatic heterocycles. The Morgan fingerprint density at radius 3 is 3.25 bits per heavy atom. The Morgan fingerprint density at radius 1 is 1.67 bits per heavy atom. The fourth-order valence-corrected chi connectivity index (χ4v) is 2.60. The lowest BCUT2D eigenvalue weighted by Gasteiger charge is -2.30. The van der Waals surface area contributed by atoms with Gasteiger partial charge in [-0.3, -0.25) is 4.90 Å². The average molecular weight is 169 g/mol. The molecule has 2 radical (unpaired) electrons. The lowest BCUT2D eigenvalue weighted by Crippen LogP contribution is -2.42. The highest BCUT2D eigenvalue weighted by Gasteiger charge is 2.48. The molecule has 0 bridgehead atoms. The van der Waals surface area contributed by atoms with E-state index in [4.69, 9.17) is 8.05 Å². The summed E-state index contributed by atoms with van der Waals surface area (Å²) in [6.45, 7) is 2.06. The van der Waals surface area contributed by atoms with Crippen molar-refractivity contribution in [1.29, 1.82) is 0 Å². The van der Waals surface area contributed by atoms with Crippen molar-refractivity contribution >= 4 is 8.05 Å². The van der Waals surface area contributed by atoms with Crippen molar-refractivity contribution in [3.8, 4) is 0 Å². The van der Waals surface area contributed by atoms with Crippen LogP contribution in [0.25, 0.3) is 0 Å². The van der Waals surface area contributed by atoms with Gasteiger partial charge in [0.1, 0.15) is 6.17 Å². The number of hydrogen-bond acceptors (Lipinski definition) is 2. The van der Waals surface area contributed by atoms with E-state index < -0.39 is 6.17 Å². The first kappa shape index (κ1) is 8.51. The summed E-state index contributed by atoms with van der Waals surface area (Å²) >= 11 is 0. The van der Waals surface area contributed by atoms with E-state index in [1.54, 1.807) is 0 Å². The fourth-order valence-electron chi connectivity index (χ4n) is 2.60. The quantitative estimate of drug-likeness (QED) is 0.563. The molecule has 0 aromatic carbocycles. The highest BCUT2D eigenvalue weighted by molar-refractivity contribution is 5.98. The largest absolute Gasteiger partial charge is 0.446 e. The van der Waals surface area contributed by atoms with Gasteiger partial charge >= 0.3 is 0 Å². The third-order valence-electron chi connectivity index (χ3n) is 3.11. The summed E-state index contributed by atoms with van der Waals surface area (Å²) in [5.41, 5.74) is -0.0613. The summed E-state index contributed by atoms with van der Waals surface area (Å²) in [5.74, 6) is 0. The highest BCUT2D eigenvalue weighted by atomic mass is 19.1. The minimum absolute atomic E-state index is 0.0613. The van der Waals surface area contributed by atoms with Crippen LogP contribution in [0.4, 0.5) is 4.39 Å². The SMILES string of the molecule is [B]OCC12CCCN1CC(F)C2. The summed E-state index contributed by atoms with van der Waals surface area (Å²) in [7, 11) is 5.06. The molecular formula is C8H13BFNO. The van der Waals surface area contributed by atoms with Crippen molar-refractivity contribution in [3.63, 3.8) is 0 Å². The van der Waals surface area contributed by atoms with Gasteiger partial charge < -0.3 is 4.65 Å². The lowest BCUT2D eigenvalue weighted by atomic mass is 9.94. The zero-order chi connectivity index (χ0) is 8.60. The minimum atomic E-state index is -0.680. The van der Waals surface area contributed by atoms with E-state index in [2.05, 4.69) is 9.55 Å². The van der Waals surface area contributed by atoms with Gasteiger partial charge in [-0.15, -0.1) is 0 Å². The Kier molecular flexibility index (Phi) is 2.13. The van der Waals surface area contributed by atoms with Gasteiger partial charge in [0.05, 0.1) is 0 Å². The summed E-state index contributed by atoms with van der Waals surface area (Å²) in [6, 6.07) is 0. The zero-order valence-electron chi connectivity index (χ0n) is 7.13. The first-order valence-electron chi connectivity index (χ1n) is 4.48. The molecule has 2 rings (SSSR count). The molecule has 2 nitrogen and oxygen atoms in total. The van der Waals surface area contributed by atoms with Crippen molar-refractivity contribution in [2.45, 2.75) is 31.0 Å². The number of fused-ring (bicyclic) bond motifs is 1. The van der Waals surface area contributed by atoms with Crippen LogP contribution >= 0.6 is 0 Å². The van der Waals surface area contributed by atoms with E-state index >= 15 is 0 Å². The number of hydrogen-bond donors (Lipinski definition) is 0. The first-order valence-corrected chi connectivity index (χ1v) is 4.48. The maximum atomic E-state index is 13.1. The molecule has 0 amide bonds. The summed E-state index contributed by atoms with van der Waals surface area (Å²) in [6.07, 6.45) is 2.10. The predicted molar refractivity (Wildman–Crippen MR) is 44.8 cm³/mol. The second-order valence-corrected chi connectivity index (χ2v) is 3.89. The first-order chi connectivity index (χ1) is 5.77. The maximum absolute atomic E-state index is 13.1. The molecule has 0 saturated carbocycles. The summed E-state index contributed by atoms with van der Waals surface area (Å²) in [4.78, 5) is 2.19. The molecule has 2 aliphatic rings. The molecule has 0 N–H and O–H groups in total. The van der Waals surface area contributed by atoms with Crippen LogP contribution in [0.3, 0.4) is 0 Å². The van der Waals surface area contributed by atoms with Crippen molar-refractivity contribution in [2.75, 3.05) is 19.7 Å². The van der Waals surface area contributed by atoms with Crippen molar-refractivity contribution < 1.29 is 9.04 Å². The molecule has 2 atom stereocenters. The standard InChI is InChI=1S/C8H13BFNO/c9-12-6-8-2-1-3-11(8)5-7(10)4-8/h7H,1-6H2. The Labute approximate surface area is 73.5 Å². The van der Waals surface area contributed by atoms with Crippen LogP contribution in [0.2, 0.25) is 0 Å². The molecule has 0 spiro atoms. The van der Waals surface area contributed by atoms with Crippen molar-refractivity contribution in [3.05, 3.63) is 0 Å². The van der Waals surface area contributed by atoms with Crippen molar-refractivity contribution in [2.24, 2.45) is 0 Å². The number of halogens is 1. The monoisotopic (exact) mass is 169 g/mol. The molecule has 0 aliphatic carbocycles. The van der Waals surface area contributed by atoms with E-state index in [1.807, 2.05) is 0 Å². The van der Waals surface area contributed by atoms with E-state index in [-0.39, 0.29) is 5.54 Å². The van der Waals surface area contributed by atoms with E-state index in [9.17, 15) is 4.39 Å². The Balaban J connectivity index is 2.09. The molecule has 2 heterocycles. The fraction of sp³-hybridized carbons (Fsp3) is 1.00. The van der Waals surface area contributed by atoms with Gasteiger partial charge in [0.2, 0.25) is 0 Å². The van der Waals surface area contributed by atoms with Gasteiger partial charge in [-0.25, -0.2) is 4.39 Å².